The molecule has 1 aromatic heterocycles. The van der Waals surface area contributed by atoms with Gasteiger partial charge in [0.25, 0.3) is 5.91 Å². The van der Waals surface area contributed by atoms with Crippen molar-refractivity contribution >= 4 is 23.2 Å². The third-order valence-electron chi connectivity index (χ3n) is 5.95. The Labute approximate surface area is 194 Å². The monoisotopic (exact) mass is 449 g/mol. The highest BCUT2D eigenvalue weighted by Gasteiger charge is 2.20. The Hall–Kier alpha value is -3.05. The van der Waals surface area contributed by atoms with Crippen LogP contribution in [0.15, 0.2) is 67.0 Å². The molecule has 0 unspecified atom stereocenters. The summed E-state index contributed by atoms with van der Waals surface area (Å²) in [4.78, 5) is 19.2. The number of carbonyl (C=O) groups is 1. The topological polar surface area (TPSA) is 54.5 Å². The third-order valence-corrected chi connectivity index (χ3v) is 6.20. The number of nitrogens with one attached hydrogen (secondary N) is 1. The van der Waals surface area contributed by atoms with E-state index in [-0.39, 0.29) is 5.91 Å². The van der Waals surface area contributed by atoms with Crippen molar-refractivity contribution in [3.8, 4) is 5.75 Å². The second-order valence-corrected chi connectivity index (χ2v) is 8.68. The van der Waals surface area contributed by atoms with Gasteiger partial charge in [-0.15, -0.1) is 0 Å². The Morgan fingerprint density at radius 1 is 1.09 bits per heavy atom. The molecule has 6 heteroatoms. The van der Waals surface area contributed by atoms with E-state index in [2.05, 4.69) is 15.2 Å². The van der Waals surface area contributed by atoms with Gasteiger partial charge >= 0.3 is 0 Å². The summed E-state index contributed by atoms with van der Waals surface area (Å²) in [5, 5.41) is 3.81. The first kappa shape index (κ1) is 22.2. The molecule has 1 N–H and O–H groups in total. The molecule has 0 bridgehead atoms. The molecule has 0 atom stereocenters. The average molecular weight is 450 g/mol. The molecule has 2 heterocycles. The third kappa shape index (κ3) is 5.80. The molecule has 0 spiro atoms. The van der Waals surface area contributed by atoms with Crippen LogP contribution in [-0.2, 0) is 6.61 Å². The van der Waals surface area contributed by atoms with Gasteiger partial charge in [-0.1, -0.05) is 29.8 Å². The zero-order valence-corrected chi connectivity index (χ0v) is 19.0. The van der Waals surface area contributed by atoms with E-state index in [0.717, 1.165) is 42.8 Å². The maximum Gasteiger partial charge on any atom is 0.251 e. The van der Waals surface area contributed by atoms with E-state index in [1.54, 1.807) is 0 Å². The molecule has 0 radical (unpaired) electrons. The Bertz CT molecular complexity index is 1030. The summed E-state index contributed by atoms with van der Waals surface area (Å²) in [5.41, 5.74) is 3.87. The van der Waals surface area contributed by atoms with Crippen molar-refractivity contribution in [2.24, 2.45) is 5.92 Å². The van der Waals surface area contributed by atoms with Crippen LogP contribution in [0.4, 0.5) is 5.69 Å². The summed E-state index contributed by atoms with van der Waals surface area (Å²) in [7, 11) is 0. The van der Waals surface area contributed by atoms with Crippen LogP contribution in [0.2, 0.25) is 5.02 Å². The Morgan fingerprint density at radius 3 is 2.53 bits per heavy atom. The Balaban J connectivity index is 1.28. The minimum absolute atomic E-state index is 0.0575. The van der Waals surface area contributed by atoms with E-state index in [1.165, 1.54) is 5.69 Å². The molecule has 32 heavy (non-hydrogen) atoms. The van der Waals surface area contributed by atoms with Gasteiger partial charge in [-0.3, -0.25) is 9.78 Å². The van der Waals surface area contributed by atoms with Gasteiger partial charge in [0.2, 0.25) is 0 Å². The molecule has 1 saturated heterocycles. The highest BCUT2D eigenvalue weighted by atomic mass is 35.5. The van der Waals surface area contributed by atoms with Crippen molar-refractivity contribution < 1.29 is 9.53 Å². The lowest BCUT2D eigenvalue weighted by atomic mass is 9.96. The summed E-state index contributed by atoms with van der Waals surface area (Å²) >= 11 is 5.94. The number of hydrogen-bond acceptors (Lipinski definition) is 4. The van der Waals surface area contributed by atoms with Gasteiger partial charge in [0.05, 0.1) is 0 Å². The fourth-order valence-electron chi connectivity index (χ4n) is 3.93. The van der Waals surface area contributed by atoms with E-state index in [9.17, 15) is 4.79 Å². The largest absolute Gasteiger partial charge is 0.489 e. The molecule has 1 aliphatic heterocycles. The van der Waals surface area contributed by atoms with E-state index in [1.807, 2.05) is 73.9 Å². The summed E-state index contributed by atoms with van der Waals surface area (Å²) in [6.45, 7) is 5.10. The van der Waals surface area contributed by atoms with E-state index >= 15 is 0 Å². The predicted molar refractivity (Wildman–Crippen MR) is 128 cm³/mol. The number of nitrogens with zero attached hydrogens (tertiary/aromatic N) is 2. The maximum absolute atomic E-state index is 12.7. The van der Waals surface area contributed by atoms with Crippen molar-refractivity contribution in [2.45, 2.75) is 26.4 Å². The zero-order valence-electron chi connectivity index (χ0n) is 18.3. The van der Waals surface area contributed by atoms with Crippen molar-refractivity contribution in [3.05, 3.63) is 88.7 Å². The number of aryl methyl sites for hydroxylation is 1. The number of amides is 1. The molecule has 1 fully saturated rings. The molecular weight excluding hydrogens is 422 g/mol. The van der Waals surface area contributed by atoms with Crippen LogP contribution in [0, 0.1) is 12.8 Å². The second-order valence-electron chi connectivity index (χ2n) is 8.24. The predicted octanol–water partition coefficient (Wildman–Crippen LogP) is 5.27. The average Bonchev–Trinajstić information content (AvgIpc) is 2.84. The number of hydrogen-bond donors (Lipinski definition) is 1. The zero-order chi connectivity index (χ0) is 22.3. The molecule has 1 aliphatic rings. The number of carbonyl (C=O) groups excluding carboxylic acids is 1. The number of pyridine rings is 1. The molecule has 2 aromatic carbocycles. The summed E-state index contributed by atoms with van der Waals surface area (Å²) in [6.07, 6.45) is 5.78. The number of aromatic nitrogens is 1. The van der Waals surface area contributed by atoms with Gasteiger partial charge < -0.3 is 15.0 Å². The number of benzene rings is 2. The van der Waals surface area contributed by atoms with Crippen LogP contribution in [-0.4, -0.2) is 30.5 Å². The van der Waals surface area contributed by atoms with Gasteiger partial charge in [0, 0.05) is 48.3 Å². The molecular formula is C26H28ClN3O2. The number of rotatable bonds is 7. The van der Waals surface area contributed by atoms with Gasteiger partial charge in [-0.05, 0) is 73.2 Å². The van der Waals surface area contributed by atoms with Crippen LogP contribution in [0.25, 0.3) is 0 Å². The quantitative estimate of drug-likeness (QED) is 0.534. The number of ether oxygens (including phenoxy) is 1. The van der Waals surface area contributed by atoms with Crippen molar-refractivity contribution in [1.82, 2.24) is 10.3 Å². The van der Waals surface area contributed by atoms with Crippen molar-refractivity contribution in [2.75, 3.05) is 24.5 Å². The fourth-order valence-corrected chi connectivity index (χ4v) is 4.05. The fraction of sp³-hybridized carbons (Fsp3) is 0.308. The maximum atomic E-state index is 12.7. The van der Waals surface area contributed by atoms with Crippen LogP contribution in [0.3, 0.4) is 0 Å². The number of halogens is 1. The van der Waals surface area contributed by atoms with E-state index in [4.69, 9.17) is 16.3 Å². The first-order valence-corrected chi connectivity index (χ1v) is 11.4. The van der Waals surface area contributed by atoms with Crippen LogP contribution >= 0.6 is 11.6 Å². The second kappa shape index (κ2) is 10.5. The lowest BCUT2D eigenvalue weighted by Crippen LogP contribution is -2.38. The van der Waals surface area contributed by atoms with Gasteiger partial charge in [-0.25, -0.2) is 0 Å². The lowest BCUT2D eigenvalue weighted by Gasteiger charge is -2.33. The molecule has 0 aliphatic carbocycles. The van der Waals surface area contributed by atoms with Crippen LogP contribution in [0.5, 0.6) is 5.75 Å². The van der Waals surface area contributed by atoms with Crippen molar-refractivity contribution in [1.29, 1.82) is 0 Å². The normalized spacial score (nSPS) is 14.2. The molecule has 4 rings (SSSR count). The highest BCUT2D eigenvalue weighted by Crippen LogP contribution is 2.24. The first-order chi connectivity index (χ1) is 15.6. The van der Waals surface area contributed by atoms with Crippen molar-refractivity contribution in [3.63, 3.8) is 0 Å². The standard InChI is InChI=1S/C26H28ClN3O2/c1-19-2-5-22(16-25(19)32-18-21-3-6-23(27)7-4-21)26(31)29-17-20-10-14-30(15-11-20)24-8-12-28-13-9-24/h2-9,12-13,16,20H,10-11,14-15,17-18H2,1H3,(H,29,31). The number of piperidine rings is 1. The molecule has 0 saturated carbocycles. The minimum atomic E-state index is -0.0575. The smallest absolute Gasteiger partial charge is 0.251 e. The Kier molecular flexibility index (Phi) is 7.28. The van der Waals surface area contributed by atoms with Gasteiger partial charge in [0.15, 0.2) is 0 Å². The highest BCUT2D eigenvalue weighted by molar-refractivity contribution is 6.30. The summed E-state index contributed by atoms with van der Waals surface area (Å²) in [6, 6.07) is 17.3. The minimum Gasteiger partial charge on any atom is -0.489 e. The molecule has 1 amide bonds. The van der Waals surface area contributed by atoms with Gasteiger partial charge in [0.1, 0.15) is 12.4 Å². The number of anilines is 1. The first-order valence-electron chi connectivity index (χ1n) is 11.0. The van der Waals surface area contributed by atoms with Crippen LogP contribution < -0.4 is 15.0 Å². The lowest BCUT2D eigenvalue weighted by molar-refractivity contribution is 0.0944. The van der Waals surface area contributed by atoms with Gasteiger partial charge in [-0.2, -0.15) is 0 Å². The SMILES string of the molecule is Cc1ccc(C(=O)NCC2CCN(c3ccncc3)CC2)cc1OCc1ccc(Cl)cc1. The van der Waals surface area contributed by atoms with E-state index < -0.39 is 0 Å². The van der Waals surface area contributed by atoms with E-state index in [0.29, 0.717) is 29.7 Å². The summed E-state index contributed by atoms with van der Waals surface area (Å²) < 4.78 is 5.97. The summed E-state index contributed by atoms with van der Waals surface area (Å²) in [5.74, 6) is 1.15. The molecule has 3 aromatic rings. The van der Waals surface area contributed by atoms with Crippen LogP contribution in [0.1, 0.15) is 34.3 Å². The molecule has 5 nitrogen and oxygen atoms in total. The Morgan fingerprint density at radius 2 is 1.81 bits per heavy atom. The molecule has 166 valence electrons.